The van der Waals surface area contributed by atoms with Crippen molar-refractivity contribution in [2.24, 2.45) is 0 Å². The summed E-state index contributed by atoms with van der Waals surface area (Å²) < 4.78 is 16.0. The van der Waals surface area contributed by atoms with Gasteiger partial charge in [-0.25, -0.2) is 0 Å². The van der Waals surface area contributed by atoms with Crippen LogP contribution in [0.15, 0.2) is 175 Å². The quantitative estimate of drug-likeness (QED) is 0.203. The van der Waals surface area contributed by atoms with Crippen LogP contribution in [0.3, 0.4) is 0 Å². The van der Waals surface area contributed by atoms with Gasteiger partial charge in [-0.15, -0.1) is 0 Å². The van der Waals surface area contributed by atoms with Crippen LogP contribution in [0.5, 0.6) is 17.2 Å². The van der Waals surface area contributed by atoms with E-state index in [9.17, 15) is 0 Å². The highest BCUT2D eigenvalue weighted by molar-refractivity contribution is 6.10. The Bertz CT molecular complexity index is 2700. The van der Waals surface area contributed by atoms with Crippen LogP contribution in [-0.2, 0) is 5.41 Å². The first-order chi connectivity index (χ1) is 25.8. The monoisotopic (exact) mass is 670 g/mol. The SMILES string of the molecule is C1=CCNC(c2ccc3c(c2)OC2=C(C=C(c4ccc5c(c4)c4ccccc4n5-c4ccccc4)CC2)C32c3ccccc3Oc3ccccc32)=C1. The highest BCUT2D eigenvalue weighted by atomic mass is 16.5. The van der Waals surface area contributed by atoms with E-state index in [1.165, 1.54) is 44.2 Å². The van der Waals surface area contributed by atoms with Gasteiger partial charge < -0.3 is 19.4 Å². The summed E-state index contributed by atoms with van der Waals surface area (Å²) in [5, 5.41) is 6.05. The fraction of sp³-hybridized carbons (Fsp3) is 0.0833. The third-order valence-electron chi connectivity index (χ3n) is 11.2. The van der Waals surface area contributed by atoms with Crippen LogP contribution in [-0.4, -0.2) is 11.1 Å². The van der Waals surface area contributed by atoms with Gasteiger partial charge in [0.05, 0.1) is 16.4 Å². The first kappa shape index (κ1) is 29.2. The molecule has 4 heterocycles. The van der Waals surface area contributed by atoms with Gasteiger partial charge in [0.25, 0.3) is 0 Å². The van der Waals surface area contributed by atoms with Crippen molar-refractivity contribution in [3.05, 3.63) is 203 Å². The summed E-state index contributed by atoms with van der Waals surface area (Å²) in [6, 6.07) is 50.2. The number of dihydropyridines is 1. The summed E-state index contributed by atoms with van der Waals surface area (Å²) in [6.45, 7) is 0.813. The number of para-hydroxylation sites is 4. The molecule has 1 aliphatic carbocycles. The maximum Gasteiger partial charge on any atom is 0.132 e. The van der Waals surface area contributed by atoms with Crippen molar-refractivity contribution in [2.75, 3.05) is 6.54 Å². The Balaban J connectivity index is 1.14. The lowest BCUT2D eigenvalue weighted by Crippen LogP contribution is -2.39. The first-order valence-electron chi connectivity index (χ1n) is 18.1. The van der Waals surface area contributed by atoms with Crippen molar-refractivity contribution >= 4 is 33.1 Å². The number of rotatable bonds is 3. The molecule has 0 amide bonds. The second-order valence-corrected chi connectivity index (χ2v) is 14.0. The Morgan fingerprint density at radius 1 is 0.577 bits per heavy atom. The third-order valence-corrected chi connectivity index (χ3v) is 11.2. The molecule has 4 nitrogen and oxygen atoms in total. The lowest BCUT2D eigenvalue weighted by atomic mass is 9.60. The molecular formula is C48H34N2O2. The topological polar surface area (TPSA) is 35.4 Å². The lowest BCUT2D eigenvalue weighted by molar-refractivity contribution is 0.352. The largest absolute Gasteiger partial charge is 0.461 e. The van der Waals surface area contributed by atoms with Crippen molar-refractivity contribution in [2.45, 2.75) is 18.3 Å². The molecule has 0 fully saturated rings. The maximum atomic E-state index is 7.01. The molecule has 0 saturated heterocycles. The molecular weight excluding hydrogens is 637 g/mol. The van der Waals surface area contributed by atoms with E-state index in [0.717, 1.165) is 70.3 Å². The zero-order valence-electron chi connectivity index (χ0n) is 28.5. The highest BCUT2D eigenvalue weighted by Gasteiger charge is 2.51. The Morgan fingerprint density at radius 3 is 2.10 bits per heavy atom. The van der Waals surface area contributed by atoms with Crippen molar-refractivity contribution in [1.82, 2.24) is 9.88 Å². The van der Waals surface area contributed by atoms with E-state index in [1.807, 2.05) is 0 Å². The van der Waals surface area contributed by atoms with Crippen LogP contribution < -0.4 is 14.8 Å². The first-order valence-corrected chi connectivity index (χ1v) is 18.1. The Kier molecular flexibility index (Phi) is 6.32. The summed E-state index contributed by atoms with van der Waals surface area (Å²) in [5.74, 6) is 3.67. The fourth-order valence-electron chi connectivity index (χ4n) is 8.98. The smallest absolute Gasteiger partial charge is 0.132 e. The van der Waals surface area contributed by atoms with Gasteiger partial charge in [-0.05, 0) is 72.2 Å². The number of allylic oxidation sites excluding steroid dienone is 6. The minimum absolute atomic E-state index is 0.625. The zero-order chi connectivity index (χ0) is 34.2. The van der Waals surface area contributed by atoms with Crippen LogP contribution in [0.2, 0.25) is 0 Å². The van der Waals surface area contributed by atoms with Crippen molar-refractivity contribution in [3.63, 3.8) is 0 Å². The molecule has 11 rings (SSSR count). The summed E-state index contributed by atoms with van der Waals surface area (Å²) in [7, 11) is 0. The van der Waals surface area contributed by atoms with Gasteiger partial charge in [0.2, 0.25) is 0 Å². The van der Waals surface area contributed by atoms with Crippen molar-refractivity contribution in [1.29, 1.82) is 0 Å². The number of aromatic nitrogens is 1. The van der Waals surface area contributed by atoms with Crippen LogP contribution in [0.1, 0.15) is 40.7 Å². The standard InChI is InChI=1S/C48H34N2O2/c1-2-12-34(13-3-1)50-42-18-7-4-14-35(42)36-28-31(22-25-43(36)50)32-23-26-46-40(29-32)48(37-15-5-8-19-44(37)51-45-20-9-6-16-38(45)48)39-24-21-33(30-47(39)52-46)41-17-10-11-27-49-41/h1-22,24-25,28-30,49H,23,26-27H2. The van der Waals surface area contributed by atoms with Crippen molar-refractivity contribution in [3.8, 4) is 22.9 Å². The second-order valence-electron chi connectivity index (χ2n) is 14.0. The number of fused-ring (bicyclic) bond motifs is 10. The average Bonchev–Trinajstić information content (AvgIpc) is 3.55. The molecule has 1 spiro atoms. The van der Waals surface area contributed by atoms with E-state index < -0.39 is 5.41 Å². The van der Waals surface area contributed by atoms with Crippen LogP contribution in [0.4, 0.5) is 0 Å². The molecule has 0 saturated carbocycles. The molecule has 6 aromatic carbocycles. The molecule has 248 valence electrons. The van der Waals surface area contributed by atoms with Crippen LogP contribution in [0, 0.1) is 0 Å². The summed E-state index contributed by atoms with van der Waals surface area (Å²) >= 11 is 0. The Morgan fingerprint density at radius 2 is 1.29 bits per heavy atom. The average molecular weight is 671 g/mol. The molecule has 4 heteroatoms. The maximum absolute atomic E-state index is 7.01. The number of hydrogen-bond acceptors (Lipinski definition) is 3. The van der Waals surface area contributed by atoms with E-state index in [0.29, 0.717) is 0 Å². The molecule has 4 aliphatic rings. The molecule has 1 N–H and O–H groups in total. The van der Waals surface area contributed by atoms with E-state index in [-0.39, 0.29) is 0 Å². The van der Waals surface area contributed by atoms with Gasteiger partial charge in [0.15, 0.2) is 0 Å². The van der Waals surface area contributed by atoms with Gasteiger partial charge in [-0.2, -0.15) is 0 Å². The number of ether oxygens (including phenoxy) is 2. The molecule has 3 aliphatic heterocycles. The van der Waals surface area contributed by atoms with Crippen LogP contribution in [0.25, 0.3) is 38.8 Å². The van der Waals surface area contributed by atoms with Gasteiger partial charge >= 0.3 is 0 Å². The molecule has 0 bridgehead atoms. The third kappa shape index (κ3) is 4.15. The normalized spacial score (nSPS) is 16.5. The molecule has 1 aromatic heterocycles. The second kappa shape index (κ2) is 11.2. The predicted molar refractivity (Wildman–Crippen MR) is 210 cm³/mol. The van der Waals surface area contributed by atoms with Gasteiger partial charge in [0, 0.05) is 62.9 Å². The lowest BCUT2D eigenvalue weighted by Gasteiger charge is -2.46. The number of benzene rings is 6. The van der Waals surface area contributed by atoms with Gasteiger partial charge in [-0.3, -0.25) is 0 Å². The van der Waals surface area contributed by atoms with Gasteiger partial charge in [0.1, 0.15) is 23.0 Å². The fourth-order valence-corrected chi connectivity index (χ4v) is 8.98. The van der Waals surface area contributed by atoms with Crippen LogP contribution >= 0.6 is 0 Å². The van der Waals surface area contributed by atoms with Crippen molar-refractivity contribution < 1.29 is 9.47 Å². The summed E-state index contributed by atoms with van der Waals surface area (Å²) in [6.07, 6.45) is 10.5. The minimum atomic E-state index is -0.625. The number of hydrogen-bond donors (Lipinski definition) is 1. The summed E-state index contributed by atoms with van der Waals surface area (Å²) in [4.78, 5) is 0. The molecule has 52 heavy (non-hydrogen) atoms. The van der Waals surface area contributed by atoms with E-state index in [4.69, 9.17) is 9.47 Å². The zero-order valence-corrected chi connectivity index (χ0v) is 28.5. The number of nitrogens with one attached hydrogen (secondary N) is 1. The van der Waals surface area contributed by atoms with Gasteiger partial charge in [-0.1, -0.05) is 109 Å². The number of nitrogens with zero attached hydrogens (tertiary/aromatic N) is 1. The summed E-state index contributed by atoms with van der Waals surface area (Å²) in [5.41, 5.74) is 12.3. The Labute approximate surface area is 302 Å². The van der Waals surface area contributed by atoms with E-state index >= 15 is 0 Å². The molecule has 7 aromatic rings. The molecule has 0 unspecified atom stereocenters. The minimum Gasteiger partial charge on any atom is -0.461 e. The van der Waals surface area contributed by atoms with E-state index in [2.05, 4.69) is 174 Å². The van der Waals surface area contributed by atoms with E-state index in [1.54, 1.807) is 0 Å². The Hall–Kier alpha value is -6.52. The molecule has 0 atom stereocenters. The highest BCUT2D eigenvalue weighted by Crippen LogP contribution is 2.61. The molecule has 0 radical (unpaired) electrons. The predicted octanol–water partition coefficient (Wildman–Crippen LogP) is 11.2.